The normalized spacial score (nSPS) is 18.0. The van der Waals surface area contributed by atoms with Crippen LogP contribution in [0.4, 0.5) is 11.4 Å². The summed E-state index contributed by atoms with van der Waals surface area (Å²) in [5, 5.41) is 23.5. The van der Waals surface area contributed by atoms with Gasteiger partial charge in [0, 0.05) is 52.3 Å². The lowest BCUT2D eigenvalue weighted by Gasteiger charge is -2.43. The van der Waals surface area contributed by atoms with Gasteiger partial charge in [-0.15, -0.1) is 0 Å². The number of nitrogens with zero attached hydrogens (tertiary/aromatic N) is 2. The van der Waals surface area contributed by atoms with Crippen LogP contribution in [0.25, 0.3) is 104 Å². The Morgan fingerprint density at radius 3 is 1.87 bits per heavy atom. The standard InChI is InChI=1S/C73H54N4/c1-42-38-52(57-18-6-14-50-16-8-36-74-69(50)57)28-30-55(42)71-63-41-54(56-31-24-48-22-20-44-10-4-12-46-26-33-60(56)67(48)65(44)46)40-62(59-32-25-49-23-21-45-11-5-13-47-27-34-61(59)68(49)66(45)47)72(63)77-73(3,76-71)64-35-29-53(39-43(64)2)58-19-7-15-51-17-9-37-75-70(51)58/h4-7,9-15,17-36,38-40,63,75,77H,8,16,37,41H2,1-3H3. The Balaban J connectivity index is 0.951. The van der Waals surface area contributed by atoms with Crippen LogP contribution in [-0.4, -0.2) is 18.5 Å². The lowest BCUT2D eigenvalue weighted by Crippen LogP contribution is -2.48. The molecule has 0 radical (unpaired) electrons. The Morgan fingerprint density at radius 1 is 0.545 bits per heavy atom. The van der Waals surface area contributed by atoms with E-state index in [1.807, 2.05) is 0 Å². The van der Waals surface area contributed by atoms with E-state index in [2.05, 4.69) is 238 Å². The number of hydrogen-bond donors (Lipinski definition) is 2. The van der Waals surface area contributed by atoms with Crippen molar-refractivity contribution in [3.05, 3.63) is 244 Å². The molecule has 4 heteroatoms. The maximum Gasteiger partial charge on any atom is 0.153 e. The molecule has 16 rings (SSSR count). The third kappa shape index (κ3) is 6.71. The Hall–Kier alpha value is -9.12. The van der Waals surface area contributed by atoms with Crippen LogP contribution in [0.2, 0.25) is 0 Å². The van der Waals surface area contributed by atoms with Crippen molar-refractivity contribution in [3.63, 3.8) is 0 Å². The fraction of sp³-hybridized carbons (Fsp3) is 0.123. The van der Waals surface area contributed by atoms with Crippen LogP contribution in [0.15, 0.2) is 210 Å². The fourth-order valence-electron chi connectivity index (χ4n) is 14.1. The lowest BCUT2D eigenvalue weighted by molar-refractivity contribution is 0.387. The van der Waals surface area contributed by atoms with Gasteiger partial charge >= 0.3 is 0 Å². The maximum absolute atomic E-state index is 6.12. The number of fused-ring (bicyclic) bond motifs is 3. The van der Waals surface area contributed by atoms with Crippen molar-refractivity contribution in [1.82, 2.24) is 5.32 Å². The molecule has 0 aromatic heterocycles. The molecule has 0 bridgehead atoms. The molecule has 2 unspecified atom stereocenters. The van der Waals surface area contributed by atoms with Crippen LogP contribution >= 0.6 is 0 Å². The van der Waals surface area contributed by atoms with E-state index in [4.69, 9.17) is 9.98 Å². The number of rotatable bonds is 6. The highest BCUT2D eigenvalue weighted by molar-refractivity contribution is 6.27. The maximum atomic E-state index is 6.12. The SMILES string of the molecule is Cc1cc(-c2cccc3c2N=CCC3)ccc1C1=NC(C)(c2ccc(-c3cccc4c3NCC=C4)cc2C)NC2=C(c3ccc4ccc5cccc6ccc3c4c56)C=C(c3ccc4ccc5cccc6ccc3c4c56)CC12. The summed E-state index contributed by atoms with van der Waals surface area (Å²) in [7, 11) is 0. The van der Waals surface area contributed by atoms with Crippen LogP contribution in [0.5, 0.6) is 0 Å². The van der Waals surface area contributed by atoms with Crippen LogP contribution in [0.1, 0.15) is 64.3 Å². The summed E-state index contributed by atoms with van der Waals surface area (Å²) in [6.45, 7) is 7.67. The Kier molecular flexibility index (Phi) is 9.58. The average molecular weight is 987 g/mol. The molecule has 12 aromatic rings. The molecule has 3 aliphatic heterocycles. The minimum atomic E-state index is -0.827. The molecule has 0 saturated heterocycles. The van der Waals surface area contributed by atoms with Gasteiger partial charge in [0.2, 0.25) is 0 Å². The molecule has 366 valence electrons. The molecule has 4 nitrogen and oxygen atoms in total. The van der Waals surface area contributed by atoms with E-state index in [0.717, 1.165) is 42.8 Å². The summed E-state index contributed by atoms with van der Waals surface area (Å²) in [6, 6.07) is 68.8. The number of hydrogen-bond acceptors (Lipinski definition) is 4. The first-order valence-corrected chi connectivity index (χ1v) is 27.4. The highest BCUT2D eigenvalue weighted by Crippen LogP contribution is 2.50. The van der Waals surface area contributed by atoms with Crippen LogP contribution in [0, 0.1) is 19.8 Å². The number of para-hydroxylation sites is 2. The Bertz CT molecular complexity index is 4650. The van der Waals surface area contributed by atoms with Crippen molar-refractivity contribution >= 4 is 105 Å². The summed E-state index contributed by atoms with van der Waals surface area (Å²) < 4.78 is 0. The van der Waals surface area contributed by atoms with Crippen LogP contribution < -0.4 is 10.6 Å². The Labute approximate surface area is 448 Å². The van der Waals surface area contributed by atoms with Gasteiger partial charge in [-0.1, -0.05) is 194 Å². The minimum Gasteiger partial charge on any atom is -0.381 e. The summed E-state index contributed by atoms with van der Waals surface area (Å²) in [6.07, 6.45) is 11.8. The van der Waals surface area contributed by atoms with Crippen LogP contribution in [0.3, 0.4) is 0 Å². The van der Waals surface area contributed by atoms with E-state index in [1.54, 1.807) is 0 Å². The van der Waals surface area contributed by atoms with Gasteiger partial charge in [-0.05, 0) is 166 Å². The first kappa shape index (κ1) is 44.2. The second-order valence-corrected chi connectivity index (χ2v) is 22.2. The zero-order valence-electron chi connectivity index (χ0n) is 43.4. The summed E-state index contributed by atoms with van der Waals surface area (Å²) in [5.74, 6) is -0.0941. The van der Waals surface area contributed by atoms with Crippen molar-refractivity contribution in [2.45, 2.75) is 45.7 Å². The Morgan fingerprint density at radius 2 is 1.14 bits per heavy atom. The van der Waals surface area contributed by atoms with E-state index in [-0.39, 0.29) is 5.92 Å². The monoisotopic (exact) mass is 986 g/mol. The molecular weight excluding hydrogens is 933 g/mol. The molecule has 0 spiro atoms. The third-order valence-electron chi connectivity index (χ3n) is 17.7. The van der Waals surface area contributed by atoms with Gasteiger partial charge < -0.3 is 10.6 Å². The molecule has 4 aliphatic rings. The zero-order chi connectivity index (χ0) is 51.1. The number of nitrogens with one attached hydrogen (secondary N) is 2. The zero-order valence-corrected chi connectivity index (χ0v) is 43.4. The van der Waals surface area contributed by atoms with Crippen molar-refractivity contribution in [3.8, 4) is 22.3 Å². The molecule has 0 fully saturated rings. The molecule has 12 aromatic carbocycles. The molecule has 1 aliphatic carbocycles. The predicted octanol–water partition coefficient (Wildman–Crippen LogP) is 18.3. The van der Waals surface area contributed by atoms with E-state index >= 15 is 0 Å². The number of aliphatic imine (C=N–C) groups is 2. The van der Waals surface area contributed by atoms with Crippen molar-refractivity contribution in [1.29, 1.82) is 0 Å². The lowest BCUT2D eigenvalue weighted by atomic mass is 9.74. The molecule has 0 amide bonds. The molecule has 3 heterocycles. The molecule has 0 saturated carbocycles. The van der Waals surface area contributed by atoms with Gasteiger partial charge in [-0.2, -0.15) is 0 Å². The first-order chi connectivity index (χ1) is 37.8. The number of anilines is 1. The predicted molar refractivity (Wildman–Crippen MR) is 328 cm³/mol. The summed E-state index contributed by atoms with van der Waals surface area (Å²) in [5.41, 5.74) is 20.8. The average Bonchev–Trinajstić information content (AvgIpc) is 3.48. The second-order valence-electron chi connectivity index (χ2n) is 22.2. The molecular formula is C73H54N4. The van der Waals surface area contributed by atoms with Gasteiger partial charge in [0.25, 0.3) is 0 Å². The highest BCUT2D eigenvalue weighted by Gasteiger charge is 2.42. The smallest absolute Gasteiger partial charge is 0.153 e. The summed E-state index contributed by atoms with van der Waals surface area (Å²) in [4.78, 5) is 11.1. The summed E-state index contributed by atoms with van der Waals surface area (Å²) >= 11 is 0. The minimum absolute atomic E-state index is 0.0941. The topological polar surface area (TPSA) is 48.8 Å². The van der Waals surface area contributed by atoms with Gasteiger partial charge in [0.05, 0.1) is 11.4 Å². The third-order valence-corrected chi connectivity index (χ3v) is 17.7. The largest absolute Gasteiger partial charge is 0.381 e. The van der Waals surface area contributed by atoms with E-state index in [9.17, 15) is 0 Å². The van der Waals surface area contributed by atoms with Crippen molar-refractivity contribution < 1.29 is 0 Å². The van der Waals surface area contributed by atoms with E-state index in [1.165, 1.54) is 148 Å². The van der Waals surface area contributed by atoms with E-state index < -0.39 is 5.66 Å². The van der Waals surface area contributed by atoms with E-state index in [0.29, 0.717) is 0 Å². The van der Waals surface area contributed by atoms with Crippen LogP contribution in [-0.2, 0) is 12.1 Å². The number of aryl methyl sites for hydroxylation is 3. The quantitative estimate of drug-likeness (QED) is 0.163. The van der Waals surface area contributed by atoms with Gasteiger partial charge in [-0.3, -0.25) is 9.98 Å². The number of allylic oxidation sites excluding steroid dienone is 4. The van der Waals surface area contributed by atoms with Crippen molar-refractivity contribution in [2.24, 2.45) is 15.9 Å². The number of benzene rings is 12. The first-order valence-electron chi connectivity index (χ1n) is 27.4. The molecule has 77 heavy (non-hydrogen) atoms. The van der Waals surface area contributed by atoms with Gasteiger partial charge in [0.1, 0.15) is 0 Å². The second kappa shape index (κ2) is 16.7. The molecule has 2 atom stereocenters. The van der Waals surface area contributed by atoms with Crippen molar-refractivity contribution in [2.75, 3.05) is 11.9 Å². The highest BCUT2D eigenvalue weighted by atomic mass is 15.2. The van der Waals surface area contributed by atoms with Gasteiger partial charge in [0.15, 0.2) is 5.66 Å². The van der Waals surface area contributed by atoms with Gasteiger partial charge in [-0.25, -0.2) is 0 Å². The molecule has 2 N–H and O–H groups in total. The fourth-order valence-corrected chi connectivity index (χ4v) is 14.1.